The molecule has 0 aliphatic carbocycles. The van der Waals surface area contributed by atoms with Gasteiger partial charge in [0.25, 0.3) is 0 Å². The zero-order valence-corrected chi connectivity index (χ0v) is 10.1. The molecule has 0 saturated heterocycles. The number of hydrogen-bond donors (Lipinski definition) is 2. The van der Waals surface area contributed by atoms with E-state index in [2.05, 4.69) is 15.9 Å². The van der Waals surface area contributed by atoms with Gasteiger partial charge in [-0.1, -0.05) is 22.0 Å². The maximum absolute atomic E-state index is 10.7. The molecule has 0 fully saturated rings. The zero-order valence-electron chi connectivity index (χ0n) is 8.53. The van der Waals surface area contributed by atoms with Gasteiger partial charge >= 0.3 is 0 Å². The van der Waals surface area contributed by atoms with E-state index in [1.807, 2.05) is 30.1 Å². The van der Waals surface area contributed by atoms with E-state index < -0.39 is 0 Å². The van der Waals surface area contributed by atoms with Crippen molar-refractivity contribution in [3.05, 3.63) is 28.2 Å². The van der Waals surface area contributed by atoms with E-state index in [1.165, 1.54) is 0 Å². The number of nitrogen functional groups attached to an aromatic ring is 1. The van der Waals surface area contributed by atoms with Crippen LogP contribution < -0.4 is 11.5 Å². The van der Waals surface area contributed by atoms with Crippen LogP contribution in [0, 0.1) is 0 Å². The van der Waals surface area contributed by atoms with E-state index in [-0.39, 0.29) is 12.5 Å². The lowest BCUT2D eigenvalue weighted by Gasteiger charge is -2.16. The third-order valence-corrected chi connectivity index (χ3v) is 2.75. The number of carbonyl (C=O) groups is 1. The molecule has 0 heterocycles. The molecule has 0 spiro atoms. The van der Waals surface area contributed by atoms with Crippen molar-refractivity contribution in [2.24, 2.45) is 5.73 Å². The number of carbonyl (C=O) groups excluding carboxylic acids is 1. The highest BCUT2D eigenvalue weighted by atomic mass is 79.9. The molecule has 1 amide bonds. The molecule has 0 saturated carbocycles. The minimum Gasteiger partial charge on any atom is -0.398 e. The maximum Gasteiger partial charge on any atom is 0.231 e. The molecule has 1 aromatic carbocycles. The van der Waals surface area contributed by atoms with E-state index in [0.717, 1.165) is 10.0 Å². The summed E-state index contributed by atoms with van der Waals surface area (Å²) < 4.78 is 0.943. The van der Waals surface area contributed by atoms with Crippen molar-refractivity contribution >= 4 is 27.5 Å². The molecule has 15 heavy (non-hydrogen) atoms. The highest BCUT2D eigenvalue weighted by Crippen LogP contribution is 2.23. The van der Waals surface area contributed by atoms with Gasteiger partial charge in [-0.25, -0.2) is 0 Å². The minimum absolute atomic E-state index is 0.223. The molecule has 0 unspecified atom stereocenters. The largest absolute Gasteiger partial charge is 0.398 e. The lowest BCUT2D eigenvalue weighted by Crippen LogP contribution is -2.30. The lowest BCUT2D eigenvalue weighted by atomic mass is 10.2. The van der Waals surface area contributed by atoms with E-state index in [4.69, 9.17) is 11.5 Å². The van der Waals surface area contributed by atoms with Gasteiger partial charge in [0.2, 0.25) is 5.91 Å². The van der Waals surface area contributed by atoms with Gasteiger partial charge < -0.3 is 11.5 Å². The molecule has 82 valence electrons. The van der Waals surface area contributed by atoms with E-state index in [1.54, 1.807) is 0 Å². The first kappa shape index (κ1) is 12.0. The van der Waals surface area contributed by atoms with Crippen molar-refractivity contribution in [3.63, 3.8) is 0 Å². The predicted octanol–water partition coefficient (Wildman–Crippen LogP) is 0.948. The standard InChI is InChI=1S/C10H14BrN3O/c1-14(6-10(13)15)5-7-8(11)3-2-4-9(7)12/h2-4H,5-6,12H2,1H3,(H2,13,15). The topological polar surface area (TPSA) is 72.3 Å². The van der Waals surface area contributed by atoms with Crippen molar-refractivity contribution < 1.29 is 4.79 Å². The Morgan fingerprint density at radius 3 is 2.73 bits per heavy atom. The van der Waals surface area contributed by atoms with Crippen molar-refractivity contribution in [1.82, 2.24) is 4.90 Å². The van der Waals surface area contributed by atoms with Crippen LogP contribution in [0.1, 0.15) is 5.56 Å². The van der Waals surface area contributed by atoms with Crippen molar-refractivity contribution in [2.75, 3.05) is 19.3 Å². The summed E-state index contributed by atoms with van der Waals surface area (Å²) in [6, 6.07) is 5.62. The highest BCUT2D eigenvalue weighted by molar-refractivity contribution is 9.10. The summed E-state index contributed by atoms with van der Waals surface area (Å²) in [6.07, 6.45) is 0. The Morgan fingerprint density at radius 1 is 1.53 bits per heavy atom. The lowest BCUT2D eigenvalue weighted by molar-refractivity contribution is -0.118. The molecule has 0 radical (unpaired) electrons. The van der Waals surface area contributed by atoms with Crippen LogP contribution in [0.5, 0.6) is 0 Å². The number of amides is 1. The number of hydrogen-bond acceptors (Lipinski definition) is 3. The molecule has 0 bridgehead atoms. The average Bonchev–Trinajstić information content (AvgIpc) is 2.10. The fourth-order valence-corrected chi connectivity index (χ4v) is 1.84. The molecule has 1 rings (SSSR count). The van der Waals surface area contributed by atoms with Gasteiger partial charge in [-0.05, 0) is 19.2 Å². The summed E-state index contributed by atoms with van der Waals surface area (Å²) in [5.41, 5.74) is 12.6. The van der Waals surface area contributed by atoms with E-state index in [9.17, 15) is 4.79 Å². The first-order chi connectivity index (χ1) is 7.00. The predicted molar refractivity (Wildman–Crippen MR) is 64.1 cm³/mol. The SMILES string of the molecule is CN(CC(N)=O)Cc1c(N)cccc1Br. The molecule has 1 aromatic rings. The molecule has 0 aromatic heterocycles. The molecular formula is C10H14BrN3O. The smallest absolute Gasteiger partial charge is 0.231 e. The summed E-state index contributed by atoms with van der Waals surface area (Å²) in [6.45, 7) is 0.816. The highest BCUT2D eigenvalue weighted by Gasteiger charge is 2.08. The van der Waals surface area contributed by atoms with Gasteiger partial charge in [0.05, 0.1) is 6.54 Å². The van der Waals surface area contributed by atoms with Crippen molar-refractivity contribution in [3.8, 4) is 0 Å². The minimum atomic E-state index is -0.344. The van der Waals surface area contributed by atoms with Gasteiger partial charge in [-0.2, -0.15) is 0 Å². The van der Waals surface area contributed by atoms with Gasteiger partial charge in [-0.15, -0.1) is 0 Å². The second kappa shape index (κ2) is 5.14. The first-order valence-electron chi connectivity index (χ1n) is 4.50. The molecule has 0 atom stereocenters. The summed E-state index contributed by atoms with van der Waals surface area (Å²) in [5, 5.41) is 0. The third-order valence-electron chi connectivity index (χ3n) is 2.01. The second-order valence-electron chi connectivity index (χ2n) is 3.45. The van der Waals surface area contributed by atoms with Gasteiger partial charge in [0.15, 0.2) is 0 Å². The van der Waals surface area contributed by atoms with Crippen LogP contribution in [-0.2, 0) is 11.3 Å². The Kier molecular flexibility index (Phi) is 4.11. The van der Waals surface area contributed by atoms with E-state index >= 15 is 0 Å². The van der Waals surface area contributed by atoms with Crippen molar-refractivity contribution in [2.45, 2.75) is 6.54 Å². The monoisotopic (exact) mass is 271 g/mol. The fourth-order valence-electron chi connectivity index (χ4n) is 1.33. The van der Waals surface area contributed by atoms with Gasteiger partial charge in [-0.3, -0.25) is 9.69 Å². The number of likely N-dealkylation sites (N-methyl/N-ethyl adjacent to an activating group) is 1. The van der Waals surface area contributed by atoms with Crippen LogP contribution in [0.3, 0.4) is 0 Å². The number of rotatable bonds is 4. The second-order valence-corrected chi connectivity index (χ2v) is 4.30. The van der Waals surface area contributed by atoms with Crippen LogP contribution >= 0.6 is 15.9 Å². The third kappa shape index (κ3) is 3.53. The summed E-state index contributed by atoms with van der Waals surface area (Å²) in [4.78, 5) is 12.5. The van der Waals surface area contributed by atoms with Crippen molar-refractivity contribution in [1.29, 1.82) is 0 Å². The zero-order chi connectivity index (χ0) is 11.4. The Morgan fingerprint density at radius 2 is 2.20 bits per heavy atom. The summed E-state index contributed by atoms with van der Waals surface area (Å²) >= 11 is 3.42. The quantitative estimate of drug-likeness (QED) is 0.801. The number of anilines is 1. The normalized spacial score (nSPS) is 10.6. The van der Waals surface area contributed by atoms with Crippen LogP contribution in [-0.4, -0.2) is 24.4 Å². The fraction of sp³-hybridized carbons (Fsp3) is 0.300. The number of nitrogens with two attached hydrogens (primary N) is 2. The van der Waals surface area contributed by atoms with Crippen LogP contribution in [0.25, 0.3) is 0 Å². The van der Waals surface area contributed by atoms with Gasteiger partial charge in [0.1, 0.15) is 0 Å². The molecular weight excluding hydrogens is 258 g/mol. The van der Waals surface area contributed by atoms with Crippen LogP contribution in [0.2, 0.25) is 0 Å². The Balaban J connectivity index is 2.76. The average molecular weight is 272 g/mol. The summed E-state index contributed by atoms with van der Waals surface area (Å²) in [7, 11) is 1.82. The van der Waals surface area contributed by atoms with Gasteiger partial charge in [0, 0.05) is 22.3 Å². The molecule has 0 aliphatic rings. The number of halogens is 1. The molecule has 0 aliphatic heterocycles. The number of primary amides is 1. The Labute approximate surface area is 97.4 Å². The number of nitrogens with zero attached hydrogens (tertiary/aromatic N) is 1. The molecule has 4 N–H and O–H groups in total. The molecule has 5 heteroatoms. The number of benzene rings is 1. The Bertz CT molecular complexity index is 347. The summed E-state index contributed by atoms with van der Waals surface area (Å²) in [5.74, 6) is -0.344. The first-order valence-corrected chi connectivity index (χ1v) is 5.29. The maximum atomic E-state index is 10.7. The molecule has 4 nitrogen and oxygen atoms in total. The van der Waals surface area contributed by atoms with Crippen LogP contribution in [0.4, 0.5) is 5.69 Å². The Hall–Kier alpha value is -1.07. The van der Waals surface area contributed by atoms with Crippen LogP contribution in [0.15, 0.2) is 22.7 Å². The van der Waals surface area contributed by atoms with E-state index in [0.29, 0.717) is 12.2 Å².